The van der Waals surface area contributed by atoms with E-state index in [0.717, 1.165) is 36.5 Å². The van der Waals surface area contributed by atoms with Gasteiger partial charge >= 0.3 is 0 Å². The number of aliphatic imine (C=N–C) groups is 1. The number of guanidine groups is 1. The number of rotatable bonds is 3. The number of hydrogen-bond donors (Lipinski definition) is 2. The minimum atomic E-state index is -0.468. The fourth-order valence-electron chi connectivity index (χ4n) is 2.93. The highest BCUT2D eigenvalue weighted by Crippen LogP contribution is 2.32. The number of ether oxygens (including phenoxy) is 1. The van der Waals surface area contributed by atoms with E-state index in [9.17, 15) is 4.79 Å². The molecule has 5 nitrogen and oxygen atoms in total. The second-order valence-electron chi connectivity index (χ2n) is 5.53. The van der Waals surface area contributed by atoms with E-state index in [1.807, 2.05) is 36.4 Å². The van der Waals surface area contributed by atoms with Gasteiger partial charge in [-0.25, -0.2) is 0 Å². The maximum absolute atomic E-state index is 12.4. The predicted molar refractivity (Wildman–Crippen MR) is 94.2 cm³/mol. The number of nitrogens with two attached hydrogens (primary N) is 2. The molecule has 0 bridgehead atoms. The van der Waals surface area contributed by atoms with Gasteiger partial charge in [0, 0.05) is 0 Å². The summed E-state index contributed by atoms with van der Waals surface area (Å²) in [6.07, 6.45) is 4.52. The molecule has 0 atom stereocenters. The highest BCUT2D eigenvalue weighted by atomic mass is 35.5. The lowest BCUT2D eigenvalue weighted by Crippen LogP contribution is -2.24. The van der Waals surface area contributed by atoms with E-state index in [1.54, 1.807) is 0 Å². The van der Waals surface area contributed by atoms with Crippen molar-refractivity contribution in [2.75, 3.05) is 0 Å². The van der Waals surface area contributed by atoms with Crippen LogP contribution in [0.1, 0.15) is 36.0 Å². The van der Waals surface area contributed by atoms with E-state index in [0.29, 0.717) is 11.3 Å². The van der Waals surface area contributed by atoms with E-state index in [-0.39, 0.29) is 24.5 Å². The van der Waals surface area contributed by atoms with Crippen molar-refractivity contribution in [3.05, 3.63) is 42.0 Å². The second-order valence-corrected chi connectivity index (χ2v) is 5.53. The molecular weight excluding hydrogens is 314 g/mol. The minimum absolute atomic E-state index is 0. The number of halogens is 1. The van der Waals surface area contributed by atoms with E-state index in [4.69, 9.17) is 16.2 Å². The fourth-order valence-corrected chi connectivity index (χ4v) is 2.93. The van der Waals surface area contributed by atoms with Gasteiger partial charge in [0.05, 0.1) is 11.7 Å². The van der Waals surface area contributed by atoms with Crippen LogP contribution in [0.2, 0.25) is 0 Å². The number of amides is 1. The van der Waals surface area contributed by atoms with Crippen LogP contribution in [0, 0.1) is 0 Å². The molecule has 6 heteroatoms. The Hall–Kier alpha value is -2.27. The zero-order valence-corrected chi connectivity index (χ0v) is 13.5. The predicted octanol–water partition coefficient (Wildman–Crippen LogP) is 3.00. The zero-order valence-electron chi connectivity index (χ0n) is 12.7. The Morgan fingerprint density at radius 1 is 1.09 bits per heavy atom. The number of benzene rings is 2. The summed E-state index contributed by atoms with van der Waals surface area (Å²) in [5.74, 6) is -0.157. The molecule has 0 radical (unpaired) electrons. The third-order valence-corrected chi connectivity index (χ3v) is 3.93. The molecular formula is C17H20ClN3O2. The van der Waals surface area contributed by atoms with Gasteiger partial charge in [0.15, 0.2) is 5.96 Å². The van der Waals surface area contributed by atoms with Crippen molar-refractivity contribution in [1.29, 1.82) is 0 Å². The molecule has 0 unspecified atom stereocenters. The molecule has 4 N–H and O–H groups in total. The summed E-state index contributed by atoms with van der Waals surface area (Å²) in [6, 6.07) is 11.4. The molecule has 0 saturated heterocycles. The summed E-state index contributed by atoms with van der Waals surface area (Å²) in [4.78, 5) is 16.1. The van der Waals surface area contributed by atoms with Crippen LogP contribution in [0.3, 0.4) is 0 Å². The lowest BCUT2D eigenvalue weighted by molar-refractivity contribution is 0.0997. The summed E-state index contributed by atoms with van der Waals surface area (Å²) in [6.45, 7) is 0. The van der Waals surface area contributed by atoms with Crippen LogP contribution in [0.5, 0.6) is 5.75 Å². The van der Waals surface area contributed by atoms with Crippen molar-refractivity contribution < 1.29 is 9.53 Å². The van der Waals surface area contributed by atoms with Crippen molar-refractivity contribution in [2.24, 2.45) is 16.5 Å². The van der Waals surface area contributed by atoms with Crippen molar-refractivity contribution >= 4 is 35.0 Å². The summed E-state index contributed by atoms with van der Waals surface area (Å²) < 4.78 is 6.05. The smallest absolute Gasteiger partial charge is 0.284 e. The number of carbonyl (C=O) groups excluding carboxylic acids is 1. The molecule has 2 aromatic carbocycles. The molecule has 0 spiro atoms. The Morgan fingerprint density at radius 3 is 2.48 bits per heavy atom. The van der Waals surface area contributed by atoms with Crippen LogP contribution in [0.15, 0.2) is 41.4 Å². The van der Waals surface area contributed by atoms with Crippen LogP contribution in [-0.4, -0.2) is 18.0 Å². The maximum atomic E-state index is 12.4. The largest absolute Gasteiger partial charge is 0.490 e. The van der Waals surface area contributed by atoms with Gasteiger partial charge in [0.2, 0.25) is 0 Å². The topological polar surface area (TPSA) is 90.7 Å². The van der Waals surface area contributed by atoms with Gasteiger partial charge in [-0.1, -0.05) is 30.3 Å². The van der Waals surface area contributed by atoms with Gasteiger partial charge in [-0.3, -0.25) is 4.79 Å². The van der Waals surface area contributed by atoms with Gasteiger partial charge in [-0.2, -0.15) is 4.99 Å². The molecule has 1 aliphatic carbocycles. The van der Waals surface area contributed by atoms with Gasteiger partial charge in [-0.05, 0) is 42.5 Å². The Balaban J connectivity index is 0.00000192. The minimum Gasteiger partial charge on any atom is -0.490 e. The Bertz CT molecular complexity index is 736. The summed E-state index contributed by atoms with van der Waals surface area (Å²) in [5.41, 5.74) is 11.1. The van der Waals surface area contributed by atoms with E-state index >= 15 is 0 Å². The maximum Gasteiger partial charge on any atom is 0.284 e. The monoisotopic (exact) mass is 333 g/mol. The SMILES string of the molecule is Cl.NC(N)=NC(=O)c1c(OC2CCCC2)ccc2ccccc12. The van der Waals surface area contributed by atoms with Crippen LogP contribution < -0.4 is 16.2 Å². The Kier molecular flexibility index (Phi) is 5.45. The number of fused-ring (bicyclic) bond motifs is 1. The molecule has 2 aromatic rings. The Morgan fingerprint density at radius 2 is 1.78 bits per heavy atom. The first-order chi connectivity index (χ1) is 10.6. The summed E-state index contributed by atoms with van der Waals surface area (Å²) in [5, 5.41) is 1.75. The van der Waals surface area contributed by atoms with Crippen molar-refractivity contribution in [3.8, 4) is 5.75 Å². The molecule has 1 saturated carbocycles. The summed E-state index contributed by atoms with van der Waals surface area (Å²) >= 11 is 0. The molecule has 3 rings (SSSR count). The molecule has 1 aliphatic rings. The molecule has 0 heterocycles. The fraction of sp³-hybridized carbons (Fsp3) is 0.294. The molecule has 23 heavy (non-hydrogen) atoms. The summed E-state index contributed by atoms with van der Waals surface area (Å²) in [7, 11) is 0. The van der Waals surface area contributed by atoms with E-state index < -0.39 is 5.91 Å². The third-order valence-electron chi connectivity index (χ3n) is 3.93. The average Bonchev–Trinajstić information content (AvgIpc) is 2.99. The van der Waals surface area contributed by atoms with Crippen LogP contribution in [-0.2, 0) is 0 Å². The van der Waals surface area contributed by atoms with Crippen LogP contribution >= 0.6 is 12.4 Å². The van der Waals surface area contributed by atoms with E-state index in [2.05, 4.69) is 4.99 Å². The highest BCUT2D eigenvalue weighted by Gasteiger charge is 2.22. The number of hydrogen-bond acceptors (Lipinski definition) is 2. The first kappa shape index (κ1) is 17.1. The lowest BCUT2D eigenvalue weighted by Gasteiger charge is -2.16. The first-order valence-electron chi connectivity index (χ1n) is 7.47. The lowest BCUT2D eigenvalue weighted by atomic mass is 10.0. The van der Waals surface area contributed by atoms with Gasteiger partial charge in [0.1, 0.15) is 5.75 Å². The first-order valence-corrected chi connectivity index (χ1v) is 7.47. The molecule has 1 amide bonds. The standard InChI is InChI=1S/C17H19N3O2.ClH/c18-17(19)20-16(21)15-13-8-4-1-5-11(13)9-10-14(15)22-12-6-2-3-7-12;/h1,4-5,8-10,12H,2-3,6-7H2,(H4,18,19,20,21);1H. The van der Waals surface area contributed by atoms with Crippen molar-refractivity contribution in [1.82, 2.24) is 0 Å². The van der Waals surface area contributed by atoms with Gasteiger partial charge in [-0.15, -0.1) is 12.4 Å². The third kappa shape index (κ3) is 3.74. The number of nitrogens with zero attached hydrogens (tertiary/aromatic N) is 1. The second kappa shape index (κ2) is 7.33. The number of carbonyl (C=O) groups is 1. The molecule has 0 aromatic heterocycles. The highest BCUT2D eigenvalue weighted by molar-refractivity contribution is 6.12. The van der Waals surface area contributed by atoms with Crippen LogP contribution in [0.25, 0.3) is 10.8 Å². The van der Waals surface area contributed by atoms with Gasteiger partial charge in [0.25, 0.3) is 5.91 Å². The van der Waals surface area contributed by atoms with Gasteiger partial charge < -0.3 is 16.2 Å². The molecule has 1 fully saturated rings. The van der Waals surface area contributed by atoms with E-state index in [1.165, 1.54) is 0 Å². The Labute approximate surface area is 141 Å². The zero-order chi connectivity index (χ0) is 15.5. The van der Waals surface area contributed by atoms with Crippen molar-refractivity contribution in [3.63, 3.8) is 0 Å². The van der Waals surface area contributed by atoms with Crippen LogP contribution in [0.4, 0.5) is 0 Å². The molecule has 122 valence electrons. The average molecular weight is 334 g/mol. The van der Waals surface area contributed by atoms with Crippen molar-refractivity contribution in [2.45, 2.75) is 31.8 Å². The normalized spacial score (nSPS) is 14.3. The quantitative estimate of drug-likeness (QED) is 0.667. The molecule has 0 aliphatic heterocycles.